The quantitative estimate of drug-likeness (QED) is 0.303. The Morgan fingerprint density at radius 2 is 1.80 bits per heavy atom. The minimum Gasteiger partial charge on any atom is -0.452 e. The maximum Gasteiger partial charge on any atom is 0.387 e. The minimum atomic E-state index is -3.90. The normalized spacial score (nSPS) is 12.1. The Labute approximate surface area is 208 Å². The summed E-state index contributed by atoms with van der Waals surface area (Å²) in [6.07, 6.45) is 2.56. The molecule has 4 rings (SSSR count). The summed E-state index contributed by atoms with van der Waals surface area (Å²) in [4.78, 5) is 16.9. The van der Waals surface area contributed by atoms with Gasteiger partial charge in [-0.05, 0) is 44.2 Å². The van der Waals surface area contributed by atoms with E-state index >= 15 is 0 Å². The van der Waals surface area contributed by atoms with Gasteiger partial charge in [-0.2, -0.15) is 8.78 Å². The highest BCUT2D eigenvalue weighted by molar-refractivity contribution is 7.89. The van der Waals surface area contributed by atoms with Gasteiger partial charge in [-0.25, -0.2) is 13.1 Å². The molecule has 0 aliphatic carbocycles. The van der Waals surface area contributed by atoms with Crippen molar-refractivity contribution in [1.29, 1.82) is 0 Å². The Morgan fingerprint density at radius 3 is 2.43 bits per heavy atom. The van der Waals surface area contributed by atoms with Crippen LogP contribution in [0.2, 0.25) is 10.0 Å². The van der Waals surface area contributed by atoms with Gasteiger partial charge in [0.2, 0.25) is 10.0 Å². The number of hydrogen-bond acceptors (Lipinski definition) is 6. The molecule has 8 nitrogen and oxygen atoms in total. The summed E-state index contributed by atoms with van der Waals surface area (Å²) in [6.45, 7) is 0.163. The van der Waals surface area contributed by atoms with E-state index in [0.717, 1.165) is 6.07 Å². The van der Waals surface area contributed by atoms with Crippen molar-refractivity contribution in [3.63, 3.8) is 0 Å². The Bertz CT molecular complexity index is 1540. The highest BCUT2D eigenvalue weighted by Gasteiger charge is 2.24. The number of fused-ring (bicyclic) bond motifs is 3. The van der Waals surface area contributed by atoms with Gasteiger partial charge < -0.3 is 14.5 Å². The van der Waals surface area contributed by atoms with Crippen molar-refractivity contribution in [1.82, 2.24) is 9.71 Å². The Kier molecular flexibility index (Phi) is 6.87. The summed E-state index contributed by atoms with van der Waals surface area (Å²) in [6, 6.07) is 5.99. The molecule has 0 spiro atoms. The lowest BCUT2D eigenvalue weighted by molar-refractivity contribution is -0.0493. The molecular weight excluding hydrogens is 527 g/mol. The molecule has 0 unspecified atom stereocenters. The molecule has 0 radical (unpaired) electrons. The number of furan rings is 1. The fourth-order valence-corrected chi connectivity index (χ4v) is 5.21. The van der Waals surface area contributed by atoms with Crippen molar-refractivity contribution in [2.75, 3.05) is 5.32 Å². The molecule has 0 saturated heterocycles. The number of benzene rings is 2. The summed E-state index contributed by atoms with van der Waals surface area (Å²) >= 11 is 12.2. The van der Waals surface area contributed by atoms with Crippen molar-refractivity contribution in [2.45, 2.75) is 31.4 Å². The van der Waals surface area contributed by atoms with Gasteiger partial charge in [0, 0.05) is 29.2 Å². The number of sulfonamides is 1. The summed E-state index contributed by atoms with van der Waals surface area (Å²) in [5.41, 5.74) is 0.0661. The monoisotopic (exact) mass is 543 g/mol. The number of nitrogens with one attached hydrogen (secondary N) is 2. The average molecular weight is 544 g/mol. The number of alkyl halides is 2. The van der Waals surface area contributed by atoms with Gasteiger partial charge in [0.25, 0.3) is 5.91 Å². The van der Waals surface area contributed by atoms with E-state index in [-0.39, 0.29) is 59.9 Å². The maximum atomic E-state index is 13.2. The fourth-order valence-electron chi connectivity index (χ4n) is 3.47. The van der Waals surface area contributed by atoms with Gasteiger partial charge in [-0.15, -0.1) is 0 Å². The highest BCUT2D eigenvalue weighted by atomic mass is 35.5. The molecule has 2 aromatic heterocycles. The maximum absolute atomic E-state index is 13.2. The molecule has 2 aromatic carbocycles. The molecule has 184 valence electrons. The van der Waals surface area contributed by atoms with Gasteiger partial charge in [0.1, 0.15) is 5.58 Å². The van der Waals surface area contributed by atoms with E-state index in [1.54, 1.807) is 13.8 Å². The van der Waals surface area contributed by atoms with E-state index in [4.69, 9.17) is 27.6 Å². The predicted molar refractivity (Wildman–Crippen MR) is 128 cm³/mol. The SMILES string of the molecule is CC(C)NS(=O)(=O)c1ccc2oc3c(OC(F)F)ccc(C(=O)Nc4c(Cl)cncc4Cl)c3c2c1. The molecule has 4 aromatic rings. The largest absolute Gasteiger partial charge is 0.452 e. The number of amides is 1. The molecule has 2 N–H and O–H groups in total. The third kappa shape index (κ3) is 5.03. The number of nitrogens with zero attached hydrogens (tertiary/aromatic N) is 1. The van der Waals surface area contributed by atoms with Crippen LogP contribution >= 0.6 is 23.2 Å². The van der Waals surface area contributed by atoms with Crippen LogP contribution in [0.3, 0.4) is 0 Å². The third-order valence-corrected chi connectivity index (χ3v) is 7.04. The van der Waals surface area contributed by atoms with E-state index in [2.05, 4.69) is 19.8 Å². The van der Waals surface area contributed by atoms with Crippen LogP contribution in [0, 0.1) is 0 Å². The Balaban J connectivity index is 1.93. The van der Waals surface area contributed by atoms with E-state index in [0.29, 0.717) is 0 Å². The number of anilines is 1. The smallest absolute Gasteiger partial charge is 0.387 e. The van der Waals surface area contributed by atoms with Gasteiger partial charge in [0.15, 0.2) is 11.3 Å². The summed E-state index contributed by atoms with van der Waals surface area (Å²) < 4.78 is 64.2. The van der Waals surface area contributed by atoms with Crippen LogP contribution in [0.5, 0.6) is 5.75 Å². The zero-order valence-corrected chi connectivity index (χ0v) is 20.4. The van der Waals surface area contributed by atoms with Crippen LogP contribution in [-0.2, 0) is 10.0 Å². The van der Waals surface area contributed by atoms with Crippen molar-refractivity contribution in [3.05, 3.63) is 58.3 Å². The first-order valence-electron chi connectivity index (χ1n) is 10.0. The van der Waals surface area contributed by atoms with Crippen molar-refractivity contribution < 1.29 is 31.1 Å². The molecule has 1 amide bonds. The number of hydrogen-bond donors (Lipinski definition) is 2. The second kappa shape index (κ2) is 9.57. The predicted octanol–water partition coefficient (Wildman–Crippen LogP) is 5.83. The number of aromatic nitrogens is 1. The van der Waals surface area contributed by atoms with Gasteiger partial charge in [-0.3, -0.25) is 9.78 Å². The first-order chi connectivity index (χ1) is 16.5. The molecule has 0 fully saturated rings. The molecule has 0 saturated carbocycles. The van der Waals surface area contributed by atoms with Crippen LogP contribution < -0.4 is 14.8 Å². The van der Waals surface area contributed by atoms with Crippen molar-refractivity contribution in [3.8, 4) is 5.75 Å². The van der Waals surface area contributed by atoms with E-state index in [1.807, 2.05) is 0 Å². The lowest BCUT2D eigenvalue weighted by Crippen LogP contribution is -2.30. The zero-order chi connectivity index (χ0) is 25.5. The van der Waals surface area contributed by atoms with Crippen LogP contribution in [0.1, 0.15) is 24.2 Å². The van der Waals surface area contributed by atoms with Crippen molar-refractivity contribution >= 4 is 66.8 Å². The van der Waals surface area contributed by atoms with E-state index < -0.39 is 22.5 Å². The molecule has 13 heteroatoms. The minimum absolute atomic E-state index is 0.0179. The first-order valence-corrected chi connectivity index (χ1v) is 12.3. The second-order valence-electron chi connectivity index (χ2n) is 7.66. The number of carbonyl (C=O) groups excluding carboxylic acids is 1. The molecule has 0 aliphatic heterocycles. The van der Waals surface area contributed by atoms with Crippen molar-refractivity contribution in [2.24, 2.45) is 0 Å². The summed E-state index contributed by atoms with van der Waals surface area (Å²) in [5, 5.41) is 2.98. The standard InChI is InChI=1S/C22H17Cl2F2N3O5S/c1-10(2)29-35(31,32)11-3-5-16-13(7-11)18-12(4-6-17(20(18)33-16)34-22(25)26)21(30)28-19-14(23)8-27-9-15(19)24/h3-10,22,29H,1-2H3,(H,27,28,30). The van der Waals surface area contributed by atoms with E-state index in [9.17, 15) is 22.0 Å². The molecule has 35 heavy (non-hydrogen) atoms. The van der Waals surface area contributed by atoms with Crippen LogP contribution in [0.4, 0.5) is 14.5 Å². The summed E-state index contributed by atoms with van der Waals surface area (Å²) in [7, 11) is -3.90. The fraction of sp³-hybridized carbons (Fsp3) is 0.182. The molecule has 2 heterocycles. The number of carbonyl (C=O) groups is 1. The average Bonchev–Trinajstić information content (AvgIpc) is 3.15. The number of rotatable bonds is 7. The number of ether oxygens (including phenoxy) is 1. The van der Waals surface area contributed by atoms with Gasteiger partial charge in [0.05, 0.1) is 26.2 Å². The number of halogens is 4. The van der Waals surface area contributed by atoms with Gasteiger partial charge in [-0.1, -0.05) is 23.2 Å². The first kappa shape index (κ1) is 25.1. The Morgan fingerprint density at radius 1 is 1.11 bits per heavy atom. The zero-order valence-electron chi connectivity index (χ0n) is 18.1. The Hall–Kier alpha value is -2.99. The molecule has 0 atom stereocenters. The van der Waals surface area contributed by atoms with Gasteiger partial charge >= 0.3 is 6.61 Å². The van der Waals surface area contributed by atoms with Crippen LogP contribution in [0.25, 0.3) is 21.9 Å². The second-order valence-corrected chi connectivity index (χ2v) is 10.2. The molecular formula is C22H17Cl2F2N3O5S. The lowest BCUT2D eigenvalue weighted by Gasteiger charge is -2.11. The van der Waals surface area contributed by atoms with Crippen LogP contribution in [-0.4, -0.2) is 32.0 Å². The van der Waals surface area contributed by atoms with Crippen LogP contribution in [0.15, 0.2) is 52.0 Å². The van der Waals surface area contributed by atoms with E-state index in [1.165, 1.54) is 36.7 Å². The number of pyridine rings is 1. The molecule has 0 aliphatic rings. The molecule has 0 bridgehead atoms. The summed E-state index contributed by atoms with van der Waals surface area (Å²) in [5.74, 6) is -1.03. The topological polar surface area (TPSA) is 111 Å². The highest BCUT2D eigenvalue weighted by Crippen LogP contribution is 2.39. The third-order valence-electron chi connectivity index (χ3n) is 4.81. The lowest BCUT2D eigenvalue weighted by atomic mass is 10.0.